The first kappa shape index (κ1) is 9.35. The van der Waals surface area contributed by atoms with Crippen LogP contribution in [-0.2, 0) is 6.42 Å². The van der Waals surface area contributed by atoms with Gasteiger partial charge in [0.25, 0.3) is 0 Å². The van der Waals surface area contributed by atoms with Gasteiger partial charge in [0, 0.05) is 21.5 Å². The van der Waals surface area contributed by atoms with Crippen molar-refractivity contribution < 1.29 is 0 Å². The minimum atomic E-state index is 1.06. The lowest BCUT2D eigenvalue weighted by Crippen LogP contribution is -1.82. The number of hydrogen-bond acceptors (Lipinski definition) is 0. The van der Waals surface area contributed by atoms with Crippen LogP contribution in [0, 0.1) is 10.8 Å². The van der Waals surface area contributed by atoms with Gasteiger partial charge in [-0.05, 0) is 28.9 Å². The van der Waals surface area contributed by atoms with E-state index >= 15 is 0 Å². The lowest BCUT2D eigenvalue weighted by atomic mass is 10.1. The minimum Gasteiger partial charge on any atom is -0.0651 e. The highest BCUT2D eigenvalue weighted by Gasteiger charge is 1.90. The average molecular weight is 223 g/mol. The van der Waals surface area contributed by atoms with E-state index in [0.717, 1.165) is 12.0 Å². The molecule has 0 fully saturated rings. The van der Waals surface area contributed by atoms with Crippen molar-refractivity contribution in [3.63, 3.8) is 0 Å². The van der Waals surface area contributed by atoms with E-state index in [1.807, 2.05) is 0 Å². The molecule has 0 aliphatic heterocycles. The summed E-state index contributed by atoms with van der Waals surface area (Å²) in [5.74, 6) is 2.94. The van der Waals surface area contributed by atoms with Gasteiger partial charge in [-0.1, -0.05) is 31.4 Å². The van der Waals surface area contributed by atoms with Crippen molar-refractivity contribution >= 4 is 15.9 Å². The molecule has 0 bridgehead atoms. The Labute approximate surface area is 82.1 Å². The van der Waals surface area contributed by atoms with Crippen LogP contribution in [0.4, 0.5) is 0 Å². The maximum atomic E-state index is 3.07. The second kappa shape index (κ2) is 5.00. The number of benzene rings is 1. The fourth-order valence-corrected chi connectivity index (χ4v) is 1.33. The molecule has 0 aromatic heterocycles. The molecule has 0 spiro atoms. The Hall–Kier alpha value is -0.740. The molecule has 0 radical (unpaired) electrons. The van der Waals surface area contributed by atoms with Crippen molar-refractivity contribution in [2.24, 2.45) is 0 Å². The van der Waals surface area contributed by atoms with Crippen LogP contribution in [0.2, 0.25) is 0 Å². The monoisotopic (exact) mass is 222 g/mol. The first-order valence-electron chi connectivity index (χ1n) is 4.07. The van der Waals surface area contributed by atoms with Crippen molar-refractivity contribution in [1.29, 1.82) is 0 Å². The predicted octanol–water partition coefficient (Wildman–Crippen LogP) is 3.34. The zero-order valence-electron chi connectivity index (χ0n) is 7.10. The fourth-order valence-electron chi connectivity index (χ4n) is 1.10. The lowest BCUT2D eigenvalue weighted by Gasteiger charge is -1.96. The first-order chi connectivity index (χ1) is 5.86. The third kappa shape index (κ3) is 2.71. The van der Waals surface area contributed by atoms with Crippen LogP contribution in [0.5, 0.6) is 0 Å². The van der Waals surface area contributed by atoms with E-state index < -0.39 is 0 Å². The first-order valence-corrected chi connectivity index (χ1v) is 4.86. The van der Waals surface area contributed by atoms with Crippen molar-refractivity contribution in [2.75, 3.05) is 0 Å². The van der Waals surface area contributed by atoms with E-state index in [-0.39, 0.29) is 0 Å². The summed E-state index contributed by atoms with van der Waals surface area (Å²) in [6.45, 7) is 2.19. The maximum Gasteiger partial charge on any atom is 0.0254 e. The molecule has 1 aromatic carbocycles. The van der Waals surface area contributed by atoms with E-state index in [0.29, 0.717) is 0 Å². The number of rotatable bonds is 2. The van der Waals surface area contributed by atoms with E-state index in [9.17, 15) is 0 Å². The average Bonchev–Trinajstić information content (AvgIpc) is 2.09. The zero-order valence-corrected chi connectivity index (χ0v) is 8.69. The molecule has 0 aliphatic carbocycles. The van der Waals surface area contributed by atoms with Gasteiger partial charge in [-0.25, -0.2) is 0 Å². The summed E-state index contributed by atoms with van der Waals surface area (Å²) in [6.07, 6.45) is 2.35. The summed E-state index contributed by atoms with van der Waals surface area (Å²) in [4.78, 5) is 2.70. The summed E-state index contributed by atoms with van der Waals surface area (Å²) in [5, 5.41) is 0. The molecule has 0 atom stereocenters. The molecular weight excluding hydrogens is 212 g/mol. The molecule has 0 N–H and O–H groups in total. The van der Waals surface area contributed by atoms with Crippen LogP contribution < -0.4 is 0 Å². The molecule has 12 heavy (non-hydrogen) atoms. The van der Waals surface area contributed by atoms with Crippen LogP contribution in [0.25, 0.3) is 0 Å². The lowest BCUT2D eigenvalue weighted by molar-refractivity contribution is 0.922. The van der Waals surface area contributed by atoms with Gasteiger partial charge in [0.1, 0.15) is 0 Å². The normalized spacial score (nSPS) is 8.83. The van der Waals surface area contributed by atoms with Crippen molar-refractivity contribution in [2.45, 2.75) is 19.8 Å². The molecule has 1 aromatic rings. The molecule has 1 rings (SSSR count). The van der Waals surface area contributed by atoms with Gasteiger partial charge in [0.2, 0.25) is 0 Å². The number of halogens is 1. The minimum absolute atomic E-state index is 1.06. The molecular formula is C11H11Br. The van der Waals surface area contributed by atoms with Crippen LogP contribution in [0.15, 0.2) is 24.3 Å². The van der Waals surface area contributed by atoms with Crippen molar-refractivity contribution in [3.8, 4) is 10.8 Å². The Morgan fingerprint density at radius 2 is 1.92 bits per heavy atom. The Balaban J connectivity index is 2.76. The Morgan fingerprint density at radius 3 is 2.42 bits per heavy atom. The van der Waals surface area contributed by atoms with Crippen LogP contribution in [-0.4, -0.2) is 0 Å². The summed E-state index contributed by atoms with van der Waals surface area (Å²) >= 11 is 3.07. The number of hydrogen-bond donors (Lipinski definition) is 0. The highest BCUT2D eigenvalue weighted by molar-refractivity contribution is 9.12. The topological polar surface area (TPSA) is 0 Å². The molecule has 0 saturated heterocycles. The molecule has 0 nitrogen and oxygen atoms in total. The van der Waals surface area contributed by atoms with Gasteiger partial charge < -0.3 is 0 Å². The summed E-state index contributed by atoms with van der Waals surface area (Å²) in [6, 6.07) is 8.38. The van der Waals surface area contributed by atoms with Gasteiger partial charge in [-0.2, -0.15) is 0 Å². The summed E-state index contributed by atoms with van der Waals surface area (Å²) < 4.78 is 0. The maximum absolute atomic E-state index is 3.07. The van der Waals surface area contributed by atoms with Gasteiger partial charge in [0.05, 0.1) is 0 Å². The van der Waals surface area contributed by atoms with Gasteiger partial charge in [0.15, 0.2) is 0 Å². The Kier molecular flexibility index (Phi) is 3.90. The van der Waals surface area contributed by atoms with E-state index in [2.05, 4.69) is 57.9 Å². The fraction of sp³-hybridized carbons (Fsp3) is 0.273. The van der Waals surface area contributed by atoms with Crippen LogP contribution >= 0.6 is 15.9 Å². The standard InChI is InChI=1S/C11H11Br/c1-2-3-10-4-6-11(7-5-10)8-9-12/h4-7H,2-3H2,1H3. The summed E-state index contributed by atoms with van der Waals surface area (Å²) in [7, 11) is 0. The van der Waals surface area contributed by atoms with Crippen LogP contribution in [0.3, 0.4) is 0 Å². The molecule has 1 heteroatoms. The largest absolute Gasteiger partial charge is 0.0651 e. The highest BCUT2D eigenvalue weighted by Crippen LogP contribution is 2.05. The van der Waals surface area contributed by atoms with Crippen LogP contribution in [0.1, 0.15) is 24.5 Å². The SMILES string of the molecule is CCCc1ccc(C#CBr)cc1. The van der Waals surface area contributed by atoms with Gasteiger partial charge in [-0.3, -0.25) is 0 Å². The van der Waals surface area contributed by atoms with Gasteiger partial charge >= 0.3 is 0 Å². The van der Waals surface area contributed by atoms with Crippen molar-refractivity contribution in [3.05, 3.63) is 35.4 Å². The smallest absolute Gasteiger partial charge is 0.0254 e. The Bertz CT molecular complexity index is 287. The third-order valence-corrected chi connectivity index (χ3v) is 1.88. The second-order valence-electron chi connectivity index (χ2n) is 2.67. The molecule has 0 unspecified atom stereocenters. The van der Waals surface area contributed by atoms with E-state index in [4.69, 9.17) is 0 Å². The molecule has 0 heterocycles. The van der Waals surface area contributed by atoms with E-state index in [1.165, 1.54) is 12.0 Å². The summed E-state index contributed by atoms with van der Waals surface area (Å²) in [5.41, 5.74) is 2.45. The zero-order chi connectivity index (χ0) is 8.81. The quantitative estimate of drug-likeness (QED) is 0.674. The third-order valence-electron chi connectivity index (χ3n) is 1.68. The molecule has 62 valence electrons. The molecule has 0 aliphatic rings. The number of aryl methyl sites for hydroxylation is 1. The molecule has 0 saturated carbocycles. The second-order valence-corrected chi connectivity index (χ2v) is 3.06. The highest BCUT2D eigenvalue weighted by atomic mass is 79.9. The van der Waals surface area contributed by atoms with E-state index in [1.54, 1.807) is 0 Å². The predicted molar refractivity (Wildman–Crippen MR) is 56.2 cm³/mol. The Morgan fingerprint density at radius 1 is 1.25 bits per heavy atom. The van der Waals surface area contributed by atoms with Crippen molar-refractivity contribution in [1.82, 2.24) is 0 Å². The van der Waals surface area contributed by atoms with Gasteiger partial charge in [-0.15, -0.1) is 0 Å². The molecule has 0 amide bonds.